The highest BCUT2D eigenvalue weighted by molar-refractivity contribution is 14.1. The summed E-state index contributed by atoms with van der Waals surface area (Å²) in [5.41, 5.74) is 0. The van der Waals surface area contributed by atoms with Gasteiger partial charge in [-0.05, 0) is 42.6 Å². The summed E-state index contributed by atoms with van der Waals surface area (Å²) in [7, 11) is 0. The van der Waals surface area contributed by atoms with Crippen molar-refractivity contribution in [3.05, 3.63) is 8.84 Å². The van der Waals surface area contributed by atoms with Gasteiger partial charge in [-0.15, -0.1) is 0 Å². The molecule has 1 aromatic rings. The summed E-state index contributed by atoms with van der Waals surface area (Å²) in [5.74, 6) is 2.76. The van der Waals surface area contributed by atoms with E-state index in [2.05, 4.69) is 31.9 Å². The smallest absolute Gasteiger partial charge is 0.203 e. The Bertz CT molecular complexity index is 366. The molecule has 2 aliphatic rings. The summed E-state index contributed by atoms with van der Waals surface area (Å²) in [6, 6.07) is 0. The summed E-state index contributed by atoms with van der Waals surface area (Å²) in [6.45, 7) is 0. The molecule has 2 nitrogen and oxygen atoms in total. The van der Waals surface area contributed by atoms with Crippen molar-refractivity contribution < 1.29 is 0 Å². The van der Waals surface area contributed by atoms with E-state index in [1.165, 1.54) is 50.0 Å². The summed E-state index contributed by atoms with van der Waals surface area (Å²) in [4.78, 5) is 4.57. The van der Waals surface area contributed by atoms with E-state index >= 15 is 0 Å². The summed E-state index contributed by atoms with van der Waals surface area (Å²) in [6.07, 6.45) is 10.1. The zero-order chi connectivity index (χ0) is 11.0. The quantitative estimate of drug-likeness (QED) is 0.711. The van der Waals surface area contributed by atoms with Crippen LogP contribution in [-0.2, 0) is 0 Å². The van der Waals surface area contributed by atoms with Crippen molar-refractivity contribution in [1.82, 2.24) is 9.36 Å². The maximum atomic E-state index is 4.57. The normalized spacial score (nSPS) is 34.7. The first kappa shape index (κ1) is 11.4. The SMILES string of the molecule is Ic1nsc(C2CCC3CCCCC3C2)n1. The van der Waals surface area contributed by atoms with Crippen LogP contribution in [0, 0.1) is 15.7 Å². The Morgan fingerprint density at radius 2 is 1.88 bits per heavy atom. The van der Waals surface area contributed by atoms with Crippen LogP contribution in [0.15, 0.2) is 0 Å². The Balaban J connectivity index is 1.70. The number of halogens is 1. The van der Waals surface area contributed by atoms with E-state index in [1.54, 1.807) is 11.5 Å². The topological polar surface area (TPSA) is 25.8 Å². The van der Waals surface area contributed by atoms with Crippen LogP contribution in [0.3, 0.4) is 0 Å². The monoisotopic (exact) mass is 348 g/mol. The van der Waals surface area contributed by atoms with Gasteiger partial charge in [0.05, 0.1) is 0 Å². The van der Waals surface area contributed by atoms with E-state index in [9.17, 15) is 0 Å². The third kappa shape index (κ3) is 2.28. The molecule has 88 valence electrons. The fourth-order valence-corrected chi connectivity index (χ4v) is 4.90. The lowest BCUT2D eigenvalue weighted by molar-refractivity contribution is 0.155. The van der Waals surface area contributed by atoms with Gasteiger partial charge in [0.2, 0.25) is 3.83 Å². The highest BCUT2D eigenvalue weighted by Gasteiger charge is 2.33. The van der Waals surface area contributed by atoms with Gasteiger partial charge < -0.3 is 0 Å². The predicted octanol–water partition coefficient (Wildman–Crippen LogP) is 4.22. The molecular weight excluding hydrogens is 331 g/mol. The highest BCUT2D eigenvalue weighted by atomic mass is 127. The van der Waals surface area contributed by atoms with Gasteiger partial charge in [-0.1, -0.05) is 25.7 Å². The van der Waals surface area contributed by atoms with Crippen molar-refractivity contribution in [2.75, 3.05) is 0 Å². The van der Waals surface area contributed by atoms with E-state index in [4.69, 9.17) is 0 Å². The Morgan fingerprint density at radius 1 is 1.06 bits per heavy atom. The lowest BCUT2D eigenvalue weighted by Crippen LogP contribution is -2.26. The Labute approximate surface area is 115 Å². The second-order valence-electron chi connectivity index (χ2n) is 5.22. The molecule has 0 saturated heterocycles. The van der Waals surface area contributed by atoms with E-state index in [0.717, 1.165) is 21.6 Å². The molecule has 0 amide bonds. The van der Waals surface area contributed by atoms with Crippen LogP contribution in [0.4, 0.5) is 0 Å². The van der Waals surface area contributed by atoms with Gasteiger partial charge in [-0.25, -0.2) is 4.98 Å². The first-order valence-corrected chi connectivity index (χ1v) is 8.17. The molecule has 0 aliphatic heterocycles. The zero-order valence-corrected chi connectivity index (χ0v) is 12.3. The van der Waals surface area contributed by atoms with Gasteiger partial charge in [0.1, 0.15) is 5.01 Å². The largest absolute Gasteiger partial charge is 0.215 e. The molecule has 0 radical (unpaired) electrons. The van der Waals surface area contributed by atoms with E-state index in [1.807, 2.05) is 0 Å². The molecule has 0 bridgehead atoms. The standard InChI is InChI=1S/C12H17IN2S/c13-12-14-11(16-15-12)10-6-5-8-3-1-2-4-9(8)7-10/h8-10H,1-7H2. The van der Waals surface area contributed by atoms with Crippen molar-refractivity contribution in [2.45, 2.75) is 50.9 Å². The fraction of sp³-hybridized carbons (Fsp3) is 0.833. The Morgan fingerprint density at radius 3 is 2.62 bits per heavy atom. The zero-order valence-electron chi connectivity index (χ0n) is 9.36. The van der Waals surface area contributed by atoms with Crippen LogP contribution in [-0.4, -0.2) is 9.36 Å². The van der Waals surface area contributed by atoms with Crippen molar-refractivity contribution >= 4 is 34.1 Å². The van der Waals surface area contributed by atoms with Gasteiger partial charge in [0.25, 0.3) is 0 Å². The first-order valence-electron chi connectivity index (χ1n) is 6.32. The highest BCUT2D eigenvalue weighted by Crippen LogP contribution is 2.46. The number of aromatic nitrogens is 2. The van der Waals surface area contributed by atoms with Crippen molar-refractivity contribution in [3.63, 3.8) is 0 Å². The third-order valence-corrected chi connectivity index (χ3v) is 5.99. The molecule has 16 heavy (non-hydrogen) atoms. The number of fused-ring (bicyclic) bond motifs is 1. The summed E-state index contributed by atoms with van der Waals surface area (Å²) >= 11 is 3.85. The number of hydrogen-bond acceptors (Lipinski definition) is 3. The molecule has 0 spiro atoms. The van der Waals surface area contributed by atoms with Crippen molar-refractivity contribution in [1.29, 1.82) is 0 Å². The van der Waals surface area contributed by atoms with Gasteiger partial charge in [0.15, 0.2) is 0 Å². The van der Waals surface area contributed by atoms with E-state index in [0.29, 0.717) is 0 Å². The first-order chi connectivity index (χ1) is 7.83. The maximum Gasteiger partial charge on any atom is 0.203 e. The second-order valence-corrected chi connectivity index (χ2v) is 6.96. The number of nitrogens with zero attached hydrogens (tertiary/aromatic N) is 2. The average Bonchev–Trinajstić information content (AvgIpc) is 2.75. The molecule has 2 fully saturated rings. The molecule has 1 heterocycles. The summed E-state index contributed by atoms with van der Waals surface area (Å²) < 4.78 is 5.25. The van der Waals surface area contributed by atoms with Crippen LogP contribution in [0.25, 0.3) is 0 Å². The third-order valence-electron chi connectivity index (χ3n) is 4.31. The number of hydrogen-bond donors (Lipinski definition) is 0. The molecule has 0 N–H and O–H groups in total. The van der Waals surface area contributed by atoms with Crippen LogP contribution in [0.2, 0.25) is 0 Å². The van der Waals surface area contributed by atoms with Crippen molar-refractivity contribution in [2.24, 2.45) is 11.8 Å². The van der Waals surface area contributed by atoms with Crippen LogP contribution in [0.1, 0.15) is 55.9 Å². The Kier molecular flexibility index (Phi) is 3.47. The molecule has 3 unspecified atom stereocenters. The van der Waals surface area contributed by atoms with E-state index < -0.39 is 0 Å². The van der Waals surface area contributed by atoms with Gasteiger partial charge in [0, 0.05) is 28.5 Å². The molecule has 1 aromatic heterocycles. The minimum atomic E-state index is 0.723. The summed E-state index contributed by atoms with van der Waals surface area (Å²) in [5, 5.41) is 1.30. The van der Waals surface area contributed by atoms with Crippen molar-refractivity contribution in [3.8, 4) is 0 Å². The molecule has 0 aromatic carbocycles. The minimum absolute atomic E-state index is 0.723. The predicted molar refractivity (Wildman–Crippen MR) is 74.7 cm³/mol. The lowest BCUT2D eigenvalue weighted by Gasteiger charge is -2.38. The van der Waals surface area contributed by atoms with E-state index in [-0.39, 0.29) is 0 Å². The lowest BCUT2D eigenvalue weighted by atomic mass is 9.68. The van der Waals surface area contributed by atoms with Gasteiger partial charge in [-0.2, -0.15) is 4.37 Å². The van der Waals surface area contributed by atoms with Crippen LogP contribution in [0.5, 0.6) is 0 Å². The molecular formula is C12H17IN2S. The second kappa shape index (κ2) is 4.88. The van der Waals surface area contributed by atoms with Crippen LogP contribution >= 0.6 is 34.1 Å². The average molecular weight is 348 g/mol. The van der Waals surface area contributed by atoms with Gasteiger partial charge >= 0.3 is 0 Å². The maximum absolute atomic E-state index is 4.57. The van der Waals surface area contributed by atoms with Crippen LogP contribution < -0.4 is 0 Å². The molecule has 2 saturated carbocycles. The Hall–Kier alpha value is 0.290. The molecule has 4 heteroatoms. The molecule has 2 aliphatic carbocycles. The minimum Gasteiger partial charge on any atom is -0.215 e. The fourth-order valence-electron chi connectivity index (χ4n) is 3.48. The number of rotatable bonds is 1. The molecule has 3 atom stereocenters. The molecule has 3 rings (SSSR count). The van der Waals surface area contributed by atoms with Gasteiger partial charge in [-0.3, -0.25) is 0 Å².